The summed E-state index contributed by atoms with van der Waals surface area (Å²) in [6.07, 6.45) is -0.0174. The van der Waals surface area contributed by atoms with Gasteiger partial charge in [-0.3, -0.25) is 0 Å². The number of nitrogens with one attached hydrogen (secondary N) is 1. The van der Waals surface area contributed by atoms with Crippen molar-refractivity contribution in [2.75, 3.05) is 13.7 Å². The van der Waals surface area contributed by atoms with Gasteiger partial charge in [-0.25, -0.2) is 4.79 Å². The zero-order valence-electron chi connectivity index (χ0n) is 12.2. The molecule has 0 radical (unpaired) electrons. The van der Waals surface area contributed by atoms with E-state index in [2.05, 4.69) is 5.32 Å². The van der Waals surface area contributed by atoms with Crippen LogP contribution in [0.3, 0.4) is 0 Å². The van der Waals surface area contributed by atoms with E-state index in [4.69, 9.17) is 9.47 Å². The number of rotatable bonds is 4. The van der Waals surface area contributed by atoms with Crippen LogP contribution in [0.1, 0.15) is 26.3 Å². The molecule has 112 valence electrons. The number of phenolic OH excluding ortho intramolecular Hbond substituents is 2. The van der Waals surface area contributed by atoms with Gasteiger partial charge in [0.2, 0.25) is 5.75 Å². The van der Waals surface area contributed by atoms with Gasteiger partial charge in [-0.2, -0.15) is 0 Å². The van der Waals surface area contributed by atoms with Crippen molar-refractivity contribution in [3.8, 4) is 17.2 Å². The van der Waals surface area contributed by atoms with E-state index in [1.165, 1.54) is 13.2 Å². The molecule has 6 nitrogen and oxygen atoms in total. The summed E-state index contributed by atoms with van der Waals surface area (Å²) >= 11 is 0. The monoisotopic (exact) mass is 283 g/mol. The van der Waals surface area contributed by atoms with Crippen LogP contribution in [0.5, 0.6) is 17.2 Å². The lowest BCUT2D eigenvalue weighted by molar-refractivity contribution is 0.0528. The number of ether oxygens (including phenoxy) is 2. The van der Waals surface area contributed by atoms with Crippen molar-refractivity contribution in [2.24, 2.45) is 0 Å². The summed E-state index contributed by atoms with van der Waals surface area (Å²) in [5, 5.41) is 21.6. The number of benzene rings is 1. The normalized spacial score (nSPS) is 11.0. The van der Waals surface area contributed by atoms with Gasteiger partial charge in [-0.05, 0) is 44.9 Å². The van der Waals surface area contributed by atoms with Crippen molar-refractivity contribution in [3.63, 3.8) is 0 Å². The highest BCUT2D eigenvalue weighted by Gasteiger charge is 2.15. The standard InChI is InChI=1S/C14H21NO5/c1-14(2,3)20-13(18)15-6-5-9-7-10(16)12(17)11(8-9)19-4/h7-8,16-17H,5-6H2,1-4H3,(H,15,18). The van der Waals surface area contributed by atoms with E-state index in [1.54, 1.807) is 26.8 Å². The molecule has 20 heavy (non-hydrogen) atoms. The maximum absolute atomic E-state index is 11.4. The summed E-state index contributed by atoms with van der Waals surface area (Å²) in [5.74, 6) is -0.356. The van der Waals surface area contributed by atoms with Crippen molar-refractivity contribution in [1.82, 2.24) is 5.32 Å². The molecule has 0 unspecified atom stereocenters. The average Bonchev–Trinajstić information content (AvgIpc) is 2.31. The largest absolute Gasteiger partial charge is 0.504 e. The second-order valence-electron chi connectivity index (χ2n) is 5.34. The van der Waals surface area contributed by atoms with Crippen molar-refractivity contribution >= 4 is 6.09 Å². The minimum atomic E-state index is -0.538. The van der Waals surface area contributed by atoms with Crippen LogP contribution in [-0.4, -0.2) is 35.6 Å². The van der Waals surface area contributed by atoms with Gasteiger partial charge < -0.3 is 25.0 Å². The summed E-state index contributed by atoms with van der Waals surface area (Å²) in [6, 6.07) is 3.03. The molecule has 3 N–H and O–H groups in total. The molecule has 1 rings (SSSR count). The fraction of sp³-hybridized carbons (Fsp3) is 0.500. The zero-order valence-corrected chi connectivity index (χ0v) is 12.2. The van der Waals surface area contributed by atoms with Crippen LogP contribution >= 0.6 is 0 Å². The molecule has 0 saturated heterocycles. The number of methoxy groups -OCH3 is 1. The first kappa shape index (κ1) is 15.9. The highest BCUT2D eigenvalue weighted by molar-refractivity contribution is 5.67. The van der Waals surface area contributed by atoms with Gasteiger partial charge in [0.15, 0.2) is 11.5 Å². The molecule has 0 atom stereocenters. The lowest BCUT2D eigenvalue weighted by Crippen LogP contribution is -2.33. The summed E-state index contributed by atoms with van der Waals surface area (Å²) < 4.78 is 10.0. The van der Waals surface area contributed by atoms with Crippen LogP contribution in [0.15, 0.2) is 12.1 Å². The average molecular weight is 283 g/mol. The molecule has 0 spiro atoms. The molecule has 1 aromatic carbocycles. The van der Waals surface area contributed by atoms with E-state index in [-0.39, 0.29) is 17.2 Å². The highest BCUT2D eigenvalue weighted by atomic mass is 16.6. The van der Waals surface area contributed by atoms with Gasteiger partial charge in [-0.15, -0.1) is 0 Å². The second kappa shape index (κ2) is 6.36. The molecule has 0 aromatic heterocycles. The Labute approximate surface area is 118 Å². The van der Waals surface area contributed by atoms with Crippen molar-refractivity contribution in [3.05, 3.63) is 17.7 Å². The fourth-order valence-corrected chi connectivity index (χ4v) is 1.57. The zero-order chi connectivity index (χ0) is 15.3. The van der Waals surface area contributed by atoms with Crippen LogP contribution < -0.4 is 10.1 Å². The Morgan fingerprint density at radius 3 is 2.50 bits per heavy atom. The van der Waals surface area contributed by atoms with Crippen LogP contribution in [0.25, 0.3) is 0 Å². The SMILES string of the molecule is COc1cc(CCNC(=O)OC(C)(C)C)cc(O)c1O. The molecule has 1 aromatic rings. The summed E-state index contributed by atoms with van der Waals surface area (Å²) in [6.45, 7) is 5.71. The predicted octanol–water partition coefficient (Wildman–Crippen LogP) is 2.17. The van der Waals surface area contributed by atoms with Gasteiger partial charge in [0.05, 0.1) is 7.11 Å². The minimum Gasteiger partial charge on any atom is -0.504 e. The first-order chi connectivity index (χ1) is 9.23. The lowest BCUT2D eigenvalue weighted by Gasteiger charge is -2.19. The third-order valence-electron chi connectivity index (χ3n) is 2.42. The quantitative estimate of drug-likeness (QED) is 0.737. The number of carbonyl (C=O) groups is 1. The molecule has 0 aliphatic carbocycles. The molecule has 0 bridgehead atoms. The number of hydrogen-bond donors (Lipinski definition) is 3. The van der Waals surface area contributed by atoms with Crippen LogP contribution in [0.4, 0.5) is 4.79 Å². The maximum atomic E-state index is 11.4. The Morgan fingerprint density at radius 1 is 1.30 bits per heavy atom. The van der Waals surface area contributed by atoms with E-state index in [1.807, 2.05) is 0 Å². The number of amides is 1. The van der Waals surface area contributed by atoms with Gasteiger partial charge >= 0.3 is 6.09 Å². The second-order valence-corrected chi connectivity index (χ2v) is 5.34. The van der Waals surface area contributed by atoms with E-state index in [9.17, 15) is 15.0 Å². The number of phenols is 2. The Morgan fingerprint density at radius 2 is 1.95 bits per heavy atom. The lowest BCUT2D eigenvalue weighted by atomic mass is 10.1. The predicted molar refractivity (Wildman–Crippen MR) is 74.3 cm³/mol. The molecular formula is C14H21NO5. The maximum Gasteiger partial charge on any atom is 0.407 e. The Balaban J connectivity index is 2.54. The summed E-state index contributed by atoms with van der Waals surface area (Å²) in [7, 11) is 1.40. The first-order valence-electron chi connectivity index (χ1n) is 6.28. The van der Waals surface area contributed by atoms with Crippen molar-refractivity contribution in [2.45, 2.75) is 32.8 Å². The molecule has 0 saturated carbocycles. The molecule has 0 fully saturated rings. The van der Waals surface area contributed by atoms with E-state index < -0.39 is 11.7 Å². The van der Waals surface area contributed by atoms with Gasteiger partial charge in [0.1, 0.15) is 5.60 Å². The molecule has 0 aliphatic heterocycles. The van der Waals surface area contributed by atoms with Gasteiger partial charge in [0.25, 0.3) is 0 Å². The molecular weight excluding hydrogens is 262 g/mol. The third kappa shape index (κ3) is 4.87. The summed E-state index contributed by atoms with van der Waals surface area (Å²) in [4.78, 5) is 11.4. The van der Waals surface area contributed by atoms with Gasteiger partial charge in [0, 0.05) is 6.54 Å². The van der Waals surface area contributed by atoms with Crippen LogP contribution in [0, 0.1) is 0 Å². The smallest absolute Gasteiger partial charge is 0.407 e. The van der Waals surface area contributed by atoms with E-state index in [0.717, 1.165) is 5.56 Å². The Hall–Kier alpha value is -2.11. The van der Waals surface area contributed by atoms with Crippen LogP contribution in [0.2, 0.25) is 0 Å². The number of carbonyl (C=O) groups excluding carboxylic acids is 1. The number of alkyl carbamates (subject to hydrolysis) is 1. The van der Waals surface area contributed by atoms with E-state index >= 15 is 0 Å². The number of aromatic hydroxyl groups is 2. The Kier molecular flexibility index (Phi) is 5.07. The molecule has 0 aliphatic rings. The highest BCUT2D eigenvalue weighted by Crippen LogP contribution is 2.36. The van der Waals surface area contributed by atoms with Crippen LogP contribution in [-0.2, 0) is 11.2 Å². The van der Waals surface area contributed by atoms with Crippen molar-refractivity contribution in [1.29, 1.82) is 0 Å². The fourth-order valence-electron chi connectivity index (χ4n) is 1.57. The molecule has 1 amide bonds. The molecule has 6 heteroatoms. The first-order valence-corrected chi connectivity index (χ1v) is 6.28. The third-order valence-corrected chi connectivity index (χ3v) is 2.42. The Bertz CT molecular complexity index is 479. The van der Waals surface area contributed by atoms with Gasteiger partial charge in [-0.1, -0.05) is 0 Å². The minimum absolute atomic E-state index is 0.192. The number of hydrogen-bond acceptors (Lipinski definition) is 5. The van der Waals surface area contributed by atoms with Crippen molar-refractivity contribution < 1.29 is 24.5 Å². The summed E-state index contributed by atoms with van der Waals surface area (Å²) in [5.41, 5.74) is 0.192. The molecule has 0 heterocycles. The topological polar surface area (TPSA) is 88.0 Å². The van der Waals surface area contributed by atoms with E-state index in [0.29, 0.717) is 13.0 Å².